The lowest BCUT2D eigenvalue weighted by Crippen LogP contribution is -2.14. The molecule has 1 amide bonds. The molecule has 0 aromatic heterocycles. The number of nitrogens with one attached hydrogen (secondary N) is 2. The number of rotatable bonds is 5. The van der Waals surface area contributed by atoms with E-state index in [0.717, 1.165) is 16.8 Å². The van der Waals surface area contributed by atoms with E-state index >= 15 is 0 Å². The van der Waals surface area contributed by atoms with Crippen molar-refractivity contribution in [2.45, 2.75) is 6.54 Å². The second-order valence-electron chi connectivity index (χ2n) is 4.57. The molecule has 0 aliphatic rings. The van der Waals surface area contributed by atoms with Crippen LogP contribution < -0.4 is 10.8 Å². The molecule has 0 radical (unpaired) electrons. The zero-order valence-electron chi connectivity index (χ0n) is 11.8. The Morgan fingerprint density at radius 1 is 1.23 bits per heavy atom. The summed E-state index contributed by atoms with van der Waals surface area (Å²) in [4.78, 5) is 14.3. The number of carbonyl (C=O) groups excluding carboxylic acids is 1. The molecule has 0 unspecified atom stereocenters. The van der Waals surface area contributed by atoms with Crippen LogP contribution in [0.5, 0.6) is 0 Å². The van der Waals surface area contributed by atoms with Crippen molar-refractivity contribution < 1.29 is 10.0 Å². The number of nitrogens with zero attached hydrogens (tertiary/aromatic N) is 1. The third-order valence-electron chi connectivity index (χ3n) is 2.96. The van der Waals surface area contributed by atoms with E-state index in [4.69, 9.17) is 11.8 Å². The first-order valence-corrected chi connectivity index (χ1v) is 6.64. The lowest BCUT2D eigenvalue weighted by atomic mass is 10.1. The highest BCUT2D eigenvalue weighted by Crippen LogP contribution is 2.18. The number of benzene rings is 2. The summed E-state index contributed by atoms with van der Waals surface area (Å²) in [5, 5.41) is 11.7. The second kappa shape index (κ2) is 7.62. The van der Waals surface area contributed by atoms with Gasteiger partial charge in [-0.15, -0.1) is 0 Å². The summed E-state index contributed by atoms with van der Waals surface area (Å²) < 4.78 is 0. The number of hydroxylamine groups is 1. The van der Waals surface area contributed by atoms with Gasteiger partial charge in [0.15, 0.2) is 5.69 Å². The van der Waals surface area contributed by atoms with Gasteiger partial charge in [-0.1, -0.05) is 30.3 Å². The average Bonchev–Trinajstić information content (AvgIpc) is 2.58. The van der Waals surface area contributed by atoms with Gasteiger partial charge in [-0.05, 0) is 35.4 Å². The van der Waals surface area contributed by atoms with Gasteiger partial charge < -0.3 is 5.32 Å². The van der Waals surface area contributed by atoms with Gasteiger partial charge in [-0.2, -0.15) is 0 Å². The van der Waals surface area contributed by atoms with E-state index < -0.39 is 5.91 Å². The first-order valence-electron chi connectivity index (χ1n) is 6.64. The van der Waals surface area contributed by atoms with Gasteiger partial charge in [0.2, 0.25) is 0 Å². The van der Waals surface area contributed by atoms with Crippen LogP contribution in [-0.4, -0.2) is 11.1 Å². The highest BCUT2D eigenvalue weighted by atomic mass is 16.5. The maximum Gasteiger partial charge on any atom is 0.267 e. The summed E-state index contributed by atoms with van der Waals surface area (Å²) in [6.07, 6.45) is 2.88. The first kappa shape index (κ1) is 15.3. The molecule has 0 aliphatic carbocycles. The molecule has 2 rings (SSSR count). The lowest BCUT2D eigenvalue weighted by molar-refractivity contribution is -0.124. The number of anilines is 1. The van der Waals surface area contributed by atoms with Crippen LogP contribution in [0.3, 0.4) is 0 Å². The number of hydrogen-bond donors (Lipinski definition) is 3. The Morgan fingerprint density at radius 2 is 2.05 bits per heavy atom. The number of carbonyl (C=O) groups is 1. The van der Waals surface area contributed by atoms with Gasteiger partial charge in [0.1, 0.15) is 0 Å². The number of hydrogen-bond acceptors (Lipinski definition) is 3. The summed E-state index contributed by atoms with van der Waals surface area (Å²) in [6, 6.07) is 15.0. The molecule has 5 nitrogen and oxygen atoms in total. The Bertz CT molecular complexity index is 733. The highest BCUT2D eigenvalue weighted by Gasteiger charge is 1.98. The van der Waals surface area contributed by atoms with Gasteiger partial charge in [-0.3, -0.25) is 10.0 Å². The standard InChI is InChI=1S/C17H15N3O2/c1-18-15-6-3-7-16(11-15)19-12-14-5-2-4-13(10-14)8-9-17(21)20-22/h2-11,19,22H,12H2,(H,20,21)/b9-8+. The topological polar surface area (TPSA) is 65.7 Å². The summed E-state index contributed by atoms with van der Waals surface area (Å²) >= 11 is 0. The minimum atomic E-state index is -0.570. The molecule has 0 heterocycles. The monoisotopic (exact) mass is 293 g/mol. The molecule has 2 aromatic rings. The Labute approximate surface area is 128 Å². The predicted octanol–water partition coefficient (Wildman–Crippen LogP) is 3.37. The van der Waals surface area contributed by atoms with Crippen molar-refractivity contribution in [3.63, 3.8) is 0 Å². The smallest absolute Gasteiger partial charge is 0.267 e. The average molecular weight is 293 g/mol. The Kier molecular flexibility index (Phi) is 5.30. The fourth-order valence-electron chi connectivity index (χ4n) is 1.91. The third-order valence-corrected chi connectivity index (χ3v) is 2.96. The van der Waals surface area contributed by atoms with Crippen molar-refractivity contribution in [3.8, 4) is 0 Å². The van der Waals surface area contributed by atoms with Crippen LogP contribution in [0.4, 0.5) is 11.4 Å². The molecule has 0 atom stereocenters. The molecule has 2 aromatic carbocycles. The van der Waals surface area contributed by atoms with Crippen molar-refractivity contribution in [2.24, 2.45) is 0 Å². The molecule has 22 heavy (non-hydrogen) atoms. The van der Waals surface area contributed by atoms with Crippen LogP contribution in [-0.2, 0) is 11.3 Å². The van der Waals surface area contributed by atoms with Gasteiger partial charge in [0.25, 0.3) is 5.91 Å². The molecule has 0 saturated carbocycles. The van der Waals surface area contributed by atoms with Crippen LogP contribution in [0.25, 0.3) is 10.9 Å². The summed E-state index contributed by atoms with van der Waals surface area (Å²) in [5.41, 5.74) is 4.92. The van der Waals surface area contributed by atoms with Crippen LogP contribution in [0.1, 0.15) is 11.1 Å². The Morgan fingerprint density at radius 3 is 2.82 bits per heavy atom. The zero-order chi connectivity index (χ0) is 15.8. The summed E-state index contributed by atoms with van der Waals surface area (Å²) in [5.74, 6) is -0.570. The fraction of sp³-hybridized carbons (Fsp3) is 0.0588. The molecule has 5 heteroatoms. The number of amides is 1. The molecule has 0 fully saturated rings. The Balaban J connectivity index is 2.03. The molecule has 0 aliphatic heterocycles. The zero-order valence-corrected chi connectivity index (χ0v) is 11.8. The van der Waals surface area contributed by atoms with Crippen molar-refractivity contribution in [3.05, 3.63) is 77.2 Å². The van der Waals surface area contributed by atoms with Gasteiger partial charge in [-0.25, -0.2) is 10.3 Å². The quantitative estimate of drug-likeness (QED) is 0.343. The molecular weight excluding hydrogens is 278 g/mol. The molecule has 0 saturated heterocycles. The van der Waals surface area contributed by atoms with Crippen molar-refractivity contribution >= 4 is 23.4 Å². The maximum absolute atomic E-state index is 11.0. The van der Waals surface area contributed by atoms with Crippen LogP contribution >= 0.6 is 0 Å². The lowest BCUT2D eigenvalue weighted by Gasteiger charge is -2.07. The van der Waals surface area contributed by atoms with Crippen molar-refractivity contribution in [1.29, 1.82) is 0 Å². The Hall–Kier alpha value is -3.10. The van der Waals surface area contributed by atoms with Crippen LogP contribution in [0.2, 0.25) is 0 Å². The summed E-state index contributed by atoms with van der Waals surface area (Å²) in [6.45, 7) is 7.61. The highest BCUT2D eigenvalue weighted by molar-refractivity contribution is 5.90. The third kappa shape index (κ3) is 4.47. The van der Waals surface area contributed by atoms with Gasteiger partial charge >= 0.3 is 0 Å². The van der Waals surface area contributed by atoms with E-state index in [1.807, 2.05) is 36.4 Å². The molecule has 0 bridgehead atoms. The molecular formula is C17H15N3O2. The largest absolute Gasteiger partial charge is 0.382 e. The normalized spacial score (nSPS) is 10.2. The van der Waals surface area contributed by atoms with E-state index in [-0.39, 0.29) is 0 Å². The second-order valence-corrected chi connectivity index (χ2v) is 4.57. The summed E-state index contributed by atoms with van der Waals surface area (Å²) in [7, 11) is 0. The van der Waals surface area contributed by atoms with E-state index in [1.54, 1.807) is 23.7 Å². The van der Waals surface area contributed by atoms with E-state index in [9.17, 15) is 4.79 Å². The minimum Gasteiger partial charge on any atom is -0.382 e. The van der Waals surface area contributed by atoms with Gasteiger partial charge in [0, 0.05) is 18.3 Å². The SMILES string of the molecule is [C-]#[N+]c1cccc(NCc2cccc(/C=C/C(=O)NO)c2)c1. The fourth-order valence-corrected chi connectivity index (χ4v) is 1.91. The molecule has 0 spiro atoms. The van der Waals surface area contributed by atoms with E-state index in [2.05, 4.69) is 10.2 Å². The van der Waals surface area contributed by atoms with E-state index in [1.165, 1.54) is 6.08 Å². The van der Waals surface area contributed by atoms with Crippen molar-refractivity contribution in [1.82, 2.24) is 5.48 Å². The predicted molar refractivity (Wildman–Crippen MR) is 85.4 cm³/mol. The van der Waals surface area contributed by atoms with Gasteiger partial charge in [0.05, 0.1) is 6.57 Å². The van der Waals surface area contributed by atoms with Crippen LogP contribution in [0, 0.1) is 6.57 Å². The minimum absolute atomic E-state index is 0.570. The first-order chi connectivity index (χ1) is 10.7. The molecule has 110 valence electrons. The van der Waals surface area contributed by atoms with Crippen molar-refractivity contribution in [2.75, 3.05) is 5.32 Å². The molecule has 3 N–H and O–H groups in total. The van der Waals surface area contributed by atoms with Crippen LogP contribution in [0.15, 0.2) is 54.6 Å². The van der Waals surface area contributed by atoms with E-state index in [0.29, 0.717) is 12.2 Å². The maximum atomic E-state index is 11.0.